The van der Waals surface area contributed by atoms with Crippen LogP contribution in [0.3, 0.4) is 0 Å². The summed E-state index contributed by atoms with van der Waals surface area (Å²) in [6.07, 6.45) is 0.727. The number of carbonyl (C=O) groups is 1. The van der Waals surface area contributed by atoms with E-state index in [0.717, 1.165) is 39.9 Å². The minimum Gasteiger partial charge on any atom is -0.497 e. The molecule has 0 atom stereocenters. The minimum atomic E-state index is -0.0273. The number of hydrogen-bond acceptors (Lipinski definition) is 2. The van der Waals surface area contributed by atoms with E-state index >= 15 is 0 Å². The fourth-order valence-corrected chi connectivity index (χ4v) is 2.97. The van der Waals surface area contributed by atoms with Crippen molar-refractivity contribution in [1.29, 1.82) is 0 Å². The number of hydrogen-bond donors (Lipinski definition) is 2. The normalized spacial score (nSPS) is 10.8. The maximum absolute atomic E-state index is 11.2. The summed E-state index contributed by atoms with van der Waals surface area (Å²) in [4.78, 5) is 14.7. The number of nitrogens with one attached hydrogen (secondary N) is 2. The van der Waals surface area contributed by atoms with Crippen molar-refractivity contribution >= 4 is 28.4 Å². The lowest BCUT2D eigenvalue weighted by Gasteiger charge is -2.07. The van der Waals surface area contributed by atoms with Gasteiger partial charge in [-0.05, 0) is 47.9 Å². The highest BCUT2D eigenvalue weighted by molar-refractivity contribution is 6.30. The average molecular weight is 343 g/mol. The number of H-pyrrole nitrogens is 1. The van der Waals surface area contributed by atoms with Crippen molar-refractivity contribution in [3.05, 3.63) is 53.1 Å². The van der Waals surface area contributed by atoms with Crippen molar-refractivity contribution < 1.29 is 9.53 Å². The van der Waals surface area contributed by atoms with E-state index in [1.165, 1.54) is 6.92 Å². The van der Waals surface area contributed by atoms with Gasteiger partial charge < -0.3 is 15.0 Å². The molecule has 0 aliphatic carbocycles. The molecule has 1 amide bonds. The van der Waals surface area contributed by atoms with Gasteiger partial charge in [0, 0.05) is 35.1 Å². The highest BCUT2D eigenvalue weighted by Crippen LogP contribution is 2.33. The van der Waals surface area contributed by atoms with Gasteiger partial charge in [-0.1, -0.05) is 23.7 Å². The van der Waals surface area contributed by atoms with Crippen molar-refractivity contribution in [2.24, 2.45) is 0 Å². The van der Waals surface area contributed by atoms with E-state index in [0.29, 0.717) is 11.6 Å². The van der Waals surface area contributed by atoms with Crippen LogP contribution in [0.5, 0.6) is 5.75 Å². The third-order valence-electron chi connectivity index (χ3n) is 4.00. The van der Waals surface area contributed by atoms with Gasteiger partial charge in [-0.15, -0.1) is 0 Å². The molecule has 0 aliphatic rings. The molecular formula is C19H19ClN2O2. The van der Waals surface area contributed by atoms with Gasteiger partial charge in [-0.3, -0.25) is 4.79 Å². The van der Waals surface area contributed by atoms with Crippen LogP contribution in [-0.2, 0) is 11.2 Å². The van der Waals surface area contributed by atoms with Crippen molar-refractivity contribution in [3.8, 4) is 17.0 Å². The fraction of sp³-hybridized carbons (Fsp3) is 0.211. The lowest BCUT2D eigenvalue weighted by molar-refractivity contribution is -0.118. The summed E-state index contributed by atoms with van der Waals surface area (Å²) in [5.74, 6) is 0.783. The highest BCUT2D eigenvalue weighted by atomic mass is 35.5. The second-order valence-electron chi connectivity index (χ2n) is 5.63. The predicted molar refractivity (Wildman–Crippen MR) is 97.7 cm³/mol. The topological polar surface area (TPSA) is 54.1 Å². The Morgan fingerprint density at radius 1 is 1.21 bits per heavy atom. The van der Waals surface area contributed by atoms with E-state index in [2.05, 4.69) is 10.3 Å². The summed E-state index contributed by atoms with van der Waals surface area (Å²) >= 11 is 6.00. The van der Waals surface area contributed by atoms with Crippen LogP contribution in [0.15, 0.2) is 42.5 Å². The Morgan fingerprint density at radius 3 is 2.62 bits per heavy atom. The number of fused-ring (bicyclic) bond motifs is 1. The number of halogens is 1. The highest BCUT2D eigenvalue weighted by Gasteiger charge is 2.14. The van der Waals surface area contributed by atoms with E-state index in [1.54, 1.807) is 7.11 Å². The van der Waals surface area contributed by atoms with Crippen LogP contribution < -0.4 is 10.1 Å². The smallest absolute Gasteiger partial charge is 0.216 e. The van der Waals surface area contributed by atoms with Crippen molar-refractivity contribution in [1.82, 2.24) is 10.3 Å². The Kier molecular flexibility index (Phi) is 4.76. The maximum atomic E-state index is 11.2. The zero-order valence-electron chi connectivity index (χ0n) is 13.7. The van der Waals surface area contributed by atoms with E-state index in [4.69, 9.17) is 16.3 Å². The second-order valence-corrected chi connectivity index (χ2v) is 6.07. The summed E-state index contributed by atoms with van der Waals surface area (Å²) in [6.45, 7) is 2.11. The SMILES string of the molecule is COc1ccc2[nH]c(-c3ccc(Cl)cc3)c(CCNC(C)=O)c2c1. The Hall–Kier alpha value is -2.46. The Balaban J connectivity index is 2.08. The molecule has 1 aromatic heterocycles. The van der Waals surface area contributed by atoms with Crippen LogP contribution in [0.2, 0.25) is 5.02 Å². The molecule has 0 radical (unpaired) electrons. The quantitative estimate of drug-likeness (QED) is 0.731. The van der Waals surface area contributed by atoms with Crippen LogP contribution in [0, 0.1) is 0 Å². The number of carbonyl (C=O) groups excluding carboxylic acids is 1. The standard InChI is InChI=1S/C19H19ClN2O2/c1-12(23)21-10-9-16-17-11-15(24-2)7-8-18(17)22-19(16)13-3-5-14(20)6-4-13/h3-8,11,22H,9-10H2,1-2H3,(H,21,23). The number of rotatable bonds is 5. The zero-order valence-corrected chi connectivity index (χ0v) is 14.4. The summed E-state index contributed by atoms with van der Waals surface area (Å²) in [7, 11) is 1.66. The summed E-state index contributed by atoms with van der Waals surface area (Å²) in [5, 5.41) is 4.67. The molecule has 0 spiro atoms. The predicted octanol–water partition coefficient (Wildman–Crippen LogP) is 4.18. The zero-order chi connectivity index (χ0) is 17.1. The van der Waals surface area contributed by atoms with Crippen molar-refractivity contribution in [2.75, 3.05) is 13.7 Å². The molecule has 0 fully saturated rings. The fourth-order valence-electron chi connectivity index (χ4n) is 2.84. The lowest BCUT2D eigenvalue weighted by Crippen LogP contribution is -2.22. The minimum absolute atomic E-state index is 0.0273. The molecule has 3 rings (SSSR count). The second kappa shape index (κ2) is 6.97. The average Bonchev–Trinajstić information content (AvgIpc) is 2.93. The van der Waals surface area contributed by atoms with Crippen LogP contribution in [-0.4, -0.2) is 24.5 Å². The summed E-state index contributed by atoms with van der Waals surface area (Å²) in [5.41, 5.74) is 4.30. The van der Waals surface area contributed by atoms with Crippen molar-refractivity contribution in [2.45, 2.75) is 13.3 Å². The Bertz CT molecular complexity index is 869. The maximum Gasteiger partial charge on any atom is 0.216 e. The first-order valence-electron chi connectivity index (χ1n) is 7.77. The molecule has 5 heteroatoms. The molecule has 0 bridgehead atoms. The van der Waals surface area contributed by atoms with Gasteiger partial charge >= 0.3 is 0 Å². The molecule has 4 nitrogen and oxygen atoms in total. The molecule has 0 saturated heterocycles. The summed E-state index contributed by atoms with van der Waals surface area (Å²) in [6, 6.07) is 13.7. The molecule has 0 aliphatic heterocycles. The molecule has 124 valence electrons. The number of amides is 1. The molecule has 2 aromatic carbocycles. The lowest BCUT2D eigenvalue weighted by atomic mass is 10.0. The molecule has 2 N–H and O–H groups in total. The first-order valence-corrected chi connectivity index (χ1v) is 8.15. The van der Waals surface area contributed by atoms with Crippen LogP contribution in [0.1, 0.15) is 12.5 Å². The monoisotopic (exact) mass is 342 g/mol. The number of ether oxygens (including phenoxy) is 1. The Labute approximate surface area is 145 Å². The summed E-state index contributed by atoms with van der Waals surface area (Å²) < 4.78 is 5.35. The molecule has 0 saturated carbocycles. The first-order chi connectivity index (χ1) is 11.6. The molecule has 0 unspecified atom stereocenters. The van der Waals surface area contributed by atoms with Crippen LogP contribution in [0.4, 0.5) is 0 Å². The van der Waals surface area contributed by atoms with E-state index in [-0.39, 0.29) is 5.91 Å². The molecular weight excluding hydrogens is 324 g/mol. The third kappa shape index (κ3) is 3.39. The number of methoxy groups -OCH3 is 1. The van der Waals surface area contributed by atoms with Crippen LogP contribution in [0.25, 0.3) is 22.2 Å². The van der Waals surface area contributed by atoms with Gasteiger partial charge in [-0.2, -0.15) is 0 Å². The van der Waals surface area contributed by atoms with Gasteiger partial charge in [0.15, 0.2) is 0 Å². The number of benzene rings is 2. The number of aromatic nitrogens is 1. The number of aromatic amines is 1. The molecule has 1 heterocycles. The van der Waals surface area contributed by atoms with E-state index in [9.17, 15) is 4.79 Å². The van der Waals surface area contributed by atoms with Gasteiger partial charge in [-0.25, -0.2) is 0 Å². The largest absolute Gasteiger partial charge is 0.497 e. The molecule has 3 aromatic rings. The van der Waals surface area contributed by atoms with Crippen molar-refractivity contribution in [3.63, 3.8) is 0 Å². The van der Waals surface area contributed by atoms with Gasteiger partial charge in [0.1, 0.15) is 5.75 Å². The van der Waals surface area contributed by atoms with Gasteiger partial charge in [0.05, 0.1) is 7.11 Å². The van der Waals surface area contributed by atoms with E-state index in [1.807, 2.05) is 42.5 Å². The van der Waals surface area contributed by atoms with E-state index < -0.39 is 0 Å². The third-order valence-corrected chi connectivity index (χ3v) is 4.25. The Morgan fingerprint density at radius 2 is 1.96 bits per heavy atom. The molecule has 24 heavy (non-hydrogen) atoms. The van der Waals surface area contributed by atoms with Gasteiger partial charge in [0.25, 0.3) is 0 Å². The van der Waals surface area contributed by atoms with Gasteiger partial charge in [0.2, 0.25) is 5.91 Å². The van der Waals surface area contributed by atoms with Crippen LogP contribution >= 0.6 is 11.6 Å². The first kappa shape index (κ1) is 16.4.